The molecule has 0 radical (unpaired) electrons. The normalized spacial score (nSPS) is 10.7. The zero-order valence-electron chi connectivity index (χ0n) is 9.30. The molecule has 82 valence electrons. The molecule has 0 aliphatic carbocycles. The van der Waals surface area contributed by atoms with Gasteiger partial charge in [0.1, 0.15) is 5.82 Å². The summed E-state index contributed by atoms with van der Waals surface area (Å²) in [4.78, 5) is 11.7. The van der Waals surface area contributed by atoms with Gasteiger partial charge in [-0.2, -0.15) is 0 Å². The molecule has 0 aliphatic rings. The van der Waals surface area contributed by atoms with Crippen molar-refractivity contribution in [3.63, 3.8) is 0 Å². The molecular weight excluding hydrogens is 193 g/mol. The molecule has 0 heterocycles. The summed E-state index contributed by atoms with van der Waals surface area (Å²) in [6.07, 6.45) is 0. The minimum atomic E-state index is -0.367. The highest BCUT2D eigenvalue weighted by Crippen LogP contribution is 2.10. The van der Waals surface area contributed by atoms with Gasteiger partial charge in [0, 0.05) is 11.6 Å². The van der Waals surface area contributed by atoms with Crippen LogP contribution < -0.4 is 5.32 Å². The number of hydrogen-bond donors (Lipinski definition) is 1. The van der Waals surface area contributed by atoms with Crippen LogP contribution in [0, 0.1) is 12.7 Å². The fraction of sp³-hybridized carbons (Fsp3) is 0.417. The van der Waals surface area contributed by atoms with Gasteiger partial charge in [-0.15, -0.1) is 0 Å². The first-order valence-corrected chi connectivity index (χ1v) is 5.03. The van der Waals surface area contributed by atoms with Gasteiger partial charge in [-0.1, -0.05) is 19.9 Å². The fourth-order valence-electron chi connectivity index (χ4n) is 1.29. The Morgan fingerprint density at radius 1 is 1.47 bits per heavy atom. The van der Waals surface area contributed by atoms with E-state index in [1.165, 1.54) is 12.1 Å². The van der Waals surface area contributed by atoms with Crippen LogP contribution in [0.2, 0.25) is 0 Å². The SMILES string of the molecule is Cc1ccc(F)cc1C(=O)CNC(C)C. The lowest BCUT2D eigenvalue weighted by atomic mass is 10.0. The molecule has 0 unspecified atom stereocenters. The predicted octanol–water partition coefficient (Wildman–Crippen LogP) is 2.31. The average Bonchev–Trinajstić information content (AvgIpc) is 2.18. The first kappa shape index (κ1) is 11.9. The molecule has 2 nitrogen and oxygen atoms in total. The Labute approximate surface area is 89.5 Å². The molecule has 1 aromatic rings. The summed E-state index contributed by atoms with van der Waals surface area (Å²) >= 11 is 0. The summed E-state index contributed by atoms with van der Waals surface area (Å²) in [6, 6.07) is 4.53. The maximum Gasteiger partial charge on any atom is 0.176 e. The van der Waals surface area contributed by atoms with E-state index >= 15 is 0 Å². The minimum absolute atomic E-state index is 0.0688. The summed E-state index contributed by atoms with van der Waals surface area (Å²) in [7, 11) is 0. The second-order valence-electron chi connectivity index (χ2n) is 3.92. The van der Waals surface area contributed by atoms with Crippen molar-refractivity contribution >= 4 is 5.78 Å². The Balaban J connectivity index is 2.77. The van der Waals surface area contributed by atoms with Crippen LogP contribution in [0.3, 0.4) is 0 Å². The van der Waals surface area contributed by atoms with Crippen molar-refractivity contribution in [1.82, 2.24) is 5.32 Å². The van der Waals surface area contributed by atoms with E-state index < -0.39 is 0 Å². The van der Waals surface area contributed by atoms with Crippen LogP contribution in [0.15, 0.2) is 18.2 Å². The van der Waals surface area contributed by atoms with Crippen LogP contribution in [0.5, 0.6) is 0 Å². The molecule has 1 aromatic carbocycles. The van der Waals surface area contributed by atoms with Crippen molar-refractivity contribution in [3.8, 4) is 0 Å². The zero-order valence-corrected chi connectivity index (χ0v) is 9.30. The second-order valence-corrected chi connectivity index (χ2v) is 3.92. The largest absolute Gasteiger partial charge is 0.307 e. The van der Waals surface area contributed by atoms with Crippen LogP contribution in [0.4, 0.5) is 4.39 Å². The number of Topliss-reactive ketones (excluding diaryl/α,β-unsaturated/α-hetero) is 1. The lowest BCUT2D eigenvalue weighted by Gasteiger charge is -2.08. The number of rotatable bonds is 4. The van der Waals surface area contributed by atoms with E-state index in [0.29, 0.717) is 5.56 Å². The molecule has 0 aromatic heterocycles. The van der Waals surface area contributed by atoms with Gasteiger partial charge in [0.25, 0.3) is 0 Å². The van der Waals surface area contributed by atoms with Gasteiger partial charge in [0.15, 0.2) is 5.78 Å². The second kappa shape index (κ2) is 5.03. The predicted molar refractivity (Wildman–Crippen MR) is 58.6 cm³/mol. The van der Waals surface area contributed by atoms with Crippen LogP contribution in [-0.2, 0) is 0 Å². The standard InChI is InChI=1S/C12H16FNO/c1-8(2)14-7-12(15)11-6-10(13)5-4-9(11)3/h4-6,8,14H,7H2,1-3H3. The van der Waals surface area contributed by atoms with E-state index in [9.17, 15) is 9.18 Å². The van der Waals surface area contributed by atoms with Gasteiger partial charge in [-0.05, 0) is 24.6 Å². The molecule has 3 heteroatoms. The number of hydrogen-bond acceptors (Lipinski definition) is 2. The lowest BCUT2D eigenvalue weighted by molar-refractivity contribution is 0.0987. The number of carbonyl (C=O) groups is 1. The van der Waals surface area contributed by atoms with Gasteiger partial charge >= 0.3 is 0 Å². The average molecular weight is 209 g/mol. The highest BCUT2D eigenvalue weighted by molar-refractivity contribution is 5.98. The van der Waals surface area contributed by atoms with Crippen LogP contribution in [0.25, 0.3) is 0 Å². The molecule has 1 rings (SSSR count). The molecule has 1 N–H and O–H groups in total. The van der Waals surface area contributed by atoms with Crippen molar-refractivity contribution in [3.05, 3.63) is 35.1 Å². The van der Waals surface area contributed by atoms with E-state index in [1.54, 1.807) is 6.07 Å². The van der Waals surface area contributed by atoms with Gasteiger partial charge in [-0.3, -0.25) is 4.79 Å². The Morgan fingerprint density at radius 3 is 2.73 bits per heavy atom. The molecule has 0 aliphatic heterocycles. The van der Waals surface area contributed by atoms with E-state index in [-0.39, 0.29) is 24.2 Å². The molecule has 0 amide bonds. The smallest absolute Gasteiger partial charge is 0.176 e. The zero-order chi connectivity index (χ0) is 11.4. The van der Waals surface area contributed by atoms with Gasteiger partial charge in [0.2, 0.25) is 0 Å². The number of carbonyl (C=O) groups excluding carboxylic acids is 1. The first-order valence-electron chi connectivity index (χ1n) is 5.03. The number of halogens is 1. The molecule has 0 atom stereocenters. The van der Waals surface area contributed by atoms with E-state index in [2.05, 4.69) is 5.32 Å². The van der Waals surface area contributed by atoms with E-state index in [0.717, 1.165) is 5.56 Å². The van der Waals surface area contributed by atoms with E-state index in [1.807, 2.05) is 20.8 Å². The van der Waals surface area contributed by atoms with Gasteiger partial charge in [-0.25, -0.2) is 4.39 Å². The summed E-state index contributed by atoms with van der Waals surface area (Å²) in [5, 5.41) is 3.02. The third-order valence-electron chi connectivity index (χ3n) is 2.17. The Kier molecular flexibility index (Phi) is 3.97. The van der Waals surface area contributed by atoms with Crippen molar-refractivity contribution in [2.24, 2.45) is 0 Å². The fourth-order valence-corrected chi connectivity index (χ4v) is 1.29. The minimum Gasteiger partial charge on any atom is -0.307 e. The number of nitrogens with one attached hydrogen (secondary N) is 1. The maximum absolute atomic E-state index is 12.9. The van der Waals surface area contributed by atoms with Crippen molar-refractivity contribution in [1.29, 1.82) is 0 Å². The molecular formula is C12H16FNO. The summed E-state index contributed by atoms with van der Waals surface area (Å²) in [6.45, 7) is 5.99. The lowest BCUT2D eigenvalue weighted by Crippen LogP contribution is -2.29. The highest BCUT2D eigenvalue weighted by Gasteiger charge is 2.10. The van der Waals surface area contributed by atoms with Crippen LogP contribution >= 0.6 is 0 Å². The van der Waals surface area contributed by atoms with Crippen molar-refractivity contribution in [2.75, 3.05) is 6.54 Å². The van der Waals surface area contributed by atoms with Gasteiger partial charge in [0.05, 0.1) is 6.54 Å². The topological polar surface area (TPSA) is 29.1 Å². The van der Waals surface area contributed by atoms with Crippen molar-refractivity contribution in [2.45, 2.75) is 26.8 Å². The summed E-state index contributed by atoms with van der Waals surface area (Å²) < 4.78 is 12.9. The molecule has 0 saturated carbocycles. The maximum atomic E-state index is 12.9. The third kappa shape index (κ3) is 3.44. The van der Waals surface area contributed by atoms with Crippen molar-refractivity contribution < 1.29 is 9.18 Å². The molecule has 0 spiro atoms. The molecule has 15 heavy (non-hydrogen) atoms. The number of benzene rings is 1. The third-order valence-corrected chi connectivity index (χ3v) is 2.17. The Bertz CT molecular complexity index is 361. The Hall–Kier alpha value is -1.22. The quantitative estimate of drug-likeness (QED) is 0.771. The Morgan fingerprint density at radius 2 is 2.13 bits per heavy atom. The monoisotopic (exact) mass is 209 g/mol. The molecule has 0 bridgehead atoms. The first-order chi connectivity index (χ1) is 7.00. The van der Waals surface area contributed by atoms with Gasteiger partial charge < -0.3 is 5.32 Å². The molecule has 0 saturated heterocycles. The summed E-state index contributed by atoms with van der Waals surface area (Å²) in [5.41, 5.74) is 1.27. The van der Waals surface area contributed by atoms with E-state index in [4.69, 9.17) is 0 Å². The van der Waals surface area contributed by atoms with Crippen LogP contribution in [0.1, 0.15) is 29.8 Å². The van der Waals surface area contributed by atoms with Crippen LogP contribution in [-0.4, -0.2) is 18.4 Å². The summed E-state index contributed by atoms with van der Waals surface area (Å²) in [5.74, 6) is -0.436. The molecule has 0 fully saturated rings. The number of ketones is 1. The number of aryl methyl sites for hydroxylation is 1. The highest BCUT2D eigenvalue weighted by atomic mass is 19.1.